The molecule has 2 aromatic rings. The highest BCUT2D eigenvalue weighted by Gasteiger charge is 2.12. The van der Waals surface area contributed by atoms with Crippen LogP contribution >= 0.6 is 0 Å². The van der Waals surface area contributed by atoms with Gasteiger partial charge in [0.1, 0.15) is 5.52 Å². The van der Waals surface area contributed by atoms with Crippen molar-refractivity contribution in [2.75, 3.05) is 0 Å². The molecule has 3 N–H and O–H groups in total. The first-order chi connectivity index (χ1) is 8.13. The maximum absolute atomic E-state index is 11.1. The molecule has 0 bridgehead atoms. The van der Waals surface area contributed by atoms with Crippen molar-refractivity contribution < 1.29 is 9.90 Å². The molecule has 1 aromatic carbocycles. The Labute approximate surface area is 97.1 Å². The van der Waals surface area contributed by atoms with E-state index in [1.165, 1.54) is 6.07 Å². The molecule has 1 aromatic heterocycles. The van der Waals surface area contributed by atoms with Crippen LogP contribution in [0.25, 0.3) is 10.9 Å². The molecular weight excluding hydrogens is 218 g/mol. The lowest BCUT2D eigenvalue weighted by atomic mass is 10.1. The number of carbonyl (C=O) groups excluding carboxylic acids is 1. The lowest BCUT2D eigenvalue weighted by molar-refractivity contribution is 0.0998. The number of pyridine rings is 1. The van der Waals surface area contributed by atoms with Gasteiger partial charge in [0.2, 0.25) is 0 Å². The fraction of sp³-hybridized carbons (Fsp3) is 0.0833. The van der Waals surface area contributed by atoms with Gasteiger partial charge in [-0.3, -0.25) is 4.79 Å². The third-order valence-electron chi connectivity index (χ3n) is 2.42. The largest absolute Gasteiger partial charge is 0.505 e. The highest BCUT2D eigenvalue weighted by molar-refractivity contribution is 6.01. The maximum atomic E-state index is 11.1. The topological polar surface area (TPSA) is 100 Å². The number of rotatable bonds is 2. The van der Waals surface area contributed by atoms with E-state index in [2.05, 4.69) is 4.98 Å². The van der Waals surface area contributed by atoms with Crippen molar-refractivity contribution in [2.45, 2.75) is 6.42 Å². The van der Waals surface area contributed by atoms with E-state index in [4.69, 9.17) is 11.0 Å². The van der Waals surface area contributed by atoms with Gasteiger partial charge in [-0.25, -0.2) is 4.98 Å². The quantitative estimate of drug-likeness (QED) is 0.802. The number of hydrogen-bond donors (Lipinski definition) is 2. The summed E-state index contributed by atoms with van der Waals surface area (Å²) in [6.45, 7) is 0. The van der Waals surface area contributed by atoms with Crippen molar-refractivity contribution in [3.8, 4) is 11.8 Å². The van der Waals surface area contributed by atoms with Crippen LogP contribution in [-0.4, -0.2) is 16.0 Å². The summed E-state index contributed by atoms with van der Waals surface area (Å²) in [5.41, 5.74) is 5.98. The summed E-state index contributed by atoms with van der Waals surface area (Å²) in [4.78, 5) is 15.2. The first kappa shape index (κ1) is 10.9. The fourth-order valence-electron chi connectivity index (χ4n) is 1.59. The number of primary amides is 1. The van der Waals surface area contributed by atoms with Crippen molar-refractivity contribution in [1.29, 1.82) is 5.26 Å². The number of benzene rings is 1. The zero-order valence-corrected chi connectivity index (χ0v) is 8.84. The number of carbonyl (C=O) groups is 1. The molecule has 1 heterocycles. The number of aromatic nitrogens is 1. The Kier molecular flexibility index (Phi) is 2.63. The highest BCUT2D eigenvalue weighted by atomic mass is 16.3. The molecule has 1 amide bonds. The first-order valence-electron chi connectivity index (χ1n) is 4.92. The summed E-state index contributed by atoms with van der Waals surface area (Å²) in [5, 5.41) is 19.1. The minimum atomic E-state index is -0.711. The minimum absolute atomic E-state index is 0.0270. The van der Waals surface area contributed by atoms with E-state index in [1.807, 2.05) is 6.07 Å². The van der Waals surface area contributed by atoms with Gasteiger partial charge in [-0.2, -0.15) is 5.26 Å². The number of amides is 1. The zero-order chi connectivity index (χ0) is 12.4. The highest BCUT2D eigenvalue weighted by Crippen LogP contribution is 2.27. The lowest BCUT2D eigenvalue weighted by Gasteiger charge is -2.05. The van der Waals surface area contributed by atoms with Crippen LogP contribution in [0.3, 0.4) is 0 Å². The van der Waals surface area contributed by atoms with E-state index >= 15 is 0 Å². The molecule has 5 nitrogen and oxygen atoms in total. The molecule has 0 fully saturated rings. The molecule has 0 aliphatic heterocycles. The van der Waals surface area contributed by atoms with Crippen molar-refractivity contribution >= 4 is 16.8 Å². The number of aromatic hydroxyl groups is 1. The first-order valence-corrected chi connectivity index (χ1v) is 4.92. The number of nitrogens with zero attached hydrogens (tertiary/aromatic N) is 2. The van der Waals surface area contributed by atoms with Crippen molar-refractivity contribution in [1.82, 2.24) is 4.98 Å². The summed E-state index contributed by atoms with van der Waals surface area (Å²) in [6.07, 6.45) is 0.149. The summed E-state index contributed by atoms with van der Waals surface area (Å²) in [6, 6.07) is 8.51. The second-order valence-corrected chi connectivity index (χ2v) is 3.54. The van der Waals surface area contributed by atoms with Gasteiger partial charge < -0.3 is 10.8 Å². The van der Waals surface area contributed by atoms with Gasteiger partial charge in [0, 0.05) is 5.39 Å². The van der Waals surface area contributed by atoms with Crippen molar-refractivity contribution in [2.24, 2.45) is 5.73 Å². The third-order valence-corrected chi connectivity index (χ3v) is 2.42. The third kappa shape index (κ3) is 1.88. The number of phenols is 1. The molecule has 0 atom stereocenters. The average molecular weight is 227 g/mol. The molecule has 84 valence electrons. The summed E-state index contributed by atoms with van der Waals surface area (Å²) < 4.78 is 0. The molecule has 0 radical (unpaired) electrons. The predicted octanol–water partition coefficient (Wildman–Crippen LogP) is 1.11. The van der Waals surface area contributed by atoms with Gasteiger partial charge in [0.05, 0.1) is 23.7 Å². The van der Waals surface area contributed by atoms with E-state index in [-0.39, 0.29) is 23.3 Å². The molecule has 0 spiro atoms. The number of fused-ring (bicyclic) bond motifs is 1. The van der Waals surface area contributed by atoms with Crippen LogP contribution in [0.5, 0.6) is 5.75 Å². The van der Waals surface area contributed by atoms with Gasteiger partial charge in [-0.1, -0.05) is 12.1 Å². The predicted molar refractivity (Wildman–Crippen MR) is 61.2 cm³/mol. The molecule has 5 heteroatoms. The second-order valence-electron chi connectivity index (χ2n) is 3.54. The molecule has 0 unspecified atom stereocenters. The molecule has 0 saturated carbocycles. The van der Waals surface area contributed by atoms with Crippen LogP contribution in [-0.2, 0) is 6.42 Å². The van der Waals surface area contributed by atoms with Crippen LogP contribution in [0.15, 0.2) is 24.3 Å². The van der Waals surface area contributed by atoms with Crippen LogP contribution in [0.4, 0.5) is 0 Å². The van der Waals surface area contributed by atoms with E-state index in [9.17, 15) is 9.90 Å². The summed E-state index contributed by atoms with van der Waals surface area (Å²) >= 11 is 0. The Morgan fingerprint density at radius 3 is 2.76 bits per heavy atom. The Balaban J connectivity index is 2.70. The van der Waals surface area contributed by atoms with Gasteiger partial charge >= 0.3 is 0 Å². The fourth-order valence-corrected chi connectivity index (χ4v) is 1.59. The Morgan fingerprint density at radius 1 is 1.41 bits per heavy atom. The molecule has 17 heavy (non-hydrogen) atoms. The Morgan fingerprint density at radius 2 is 2.12 bits per heavy atom. The standard InChI is InChI=1S/C12H9N3O2/c13-6-5-8-3-1-7-2-4-9(12(14)17)11(16)10(7)15-8/h1-4,16H,5H2,(H2,14,17). The summed E-state index contributed by atoms with van der Waals surface area (Å²) in [7, 11) is 0. The van der Waals surface area contributed by atoms with Gasteiger partial charge in [0.25, 0.3) is 5.91 Å². The van der Waals surface area contributed by atoms with Crippen molar-refractivity contribution in [3.05, 3.63) is 35.5 Å². The van der Waals surface area contributed by atoms with E-state index in [1.54, 1.807) is 18.2 Å². The number of hydrogen-bond acceptors (Lipinski definition) is 4. The Hall–Kier alpha value is -2.61. The molecule has 0 aliphatic carbocycles. The average Bonchev–Trinajstić information content (AvgIpc) is 2.30. The van der Waals surface area contributed by atoms with E-state index < -0.39 is 5.91 Å². The zero-order valence-electron chi connectivity index (χ0n) is 8.84. The SMILES string of the molecule is N#CCc1ccc2ccc(C(N)=O)c(O)c2n1. The van der Waals surface area contributed by atoms with Crippen LogP contribution in [0.2, 0.25) is 0 Å². The van der Waals surface area contributed by atoms with Crippen molar-refractivity contribution in [3.63, 3.8) is 0 Å². The van der Waals surface area contributed by atoms with E-state index in [0.717, 1.165) is 0 Å². The normalized spacial score (nSPS) is 10.1. The lowest BCUT2D eigenvalue weighted by Crippen LogP contribution is -2.11. The molecular formula is C12H9N3O2. The maximum Gasteiger partial charge on any atom is 0.252 e. The molecule has 2 rings (SSSR count). The van der Waals surface area contributed by atoms with E-state index in [0.29, 0.717) is 11.1 Å². The van der Waals surface area contributed by atoms with Gasteiger partial charge in [0.15, 0.2) is 5.75 Å². The number of nitrogens with two attached hydrogens (primary N) is 1. The van der Waals surface area contributed by atoms with Gasteiger partial charge in [-0.15, -0.1) is 0 Å². The number of nitriles is 1. The summed E-state index contributed by atoms with van der Waals surface area (Å²) in [5.74, 6) is -0.952. The monoisotopic (exact) mass is 227 g/mol. The van der Waals surface area contributed by atoms with Gasteiger partial charge in [-0.05, 0) is 12.1 Å². The Bertz CT molecular complexity index is 644. The second kappa shape index (κ2) is 4.10. The minimum Gasteiger partial charge on any atom is -0.505 e. The molecule has 0 saturated heterocycles. The van der Waals surface area contributed by atoms with Crippen LogP contribution < -0.4 is 5.73 Å². The van der Waals surface area contributed by atoms with Crippen LogP contribution in [0, 0.1) is 11.3 Å². The van der Waals surface area contributed by atoms with Crippen LogP contribution in [0.1, 0.15) is 16.1 Å². The smallest absolute Gasteiger partial charge is 0.252 e. The molecule has 0 aliphatic rings.